The van der Waals surface area contributed by atoms with Crippen LogP contribution in [0.1, 0.15) is 56.8 Å². The first-order chi connectivity index (χ1) is 8.90. The van der Waals surface area contributed by atoms with Crippen LogP contribution in [-0.4, -0.2) is 16.7 Å². The van der Waals surface area contributed by atoms with E-state index in [-0.39, 0.29) is 0 Å². The molecular formula is C17H25NO. The quantitative estimate of drug-likeness (QED) is 0.871. The van der Waals surface area contributed by atoms with Crippen molar-refractivity contribution in [3.8, 4) is 0 Å². The number of benzene rings is 1. The first kappa shape index (κ1) is 14.3. The Morgan fingerprint density at radius 1 is 1.42 bits per heavy atom. The number of nitrogens with one attached hydrogen (secondary N) is 1. The van der Waals surface area contributed by atoms with Gasteiger partial charge >= 0.3 is 0 Å². The van der Waals surface area contributed by atoms with Gasteiger partial charge in [0.05, 0.1) is 5.60 Å². The van der Waals surface area contributed by atoms with Gasteiger partial charge in [0, 0.05) is 12.1 Å². The minimum Gasteiger partial charge on any atom is -0.386 e. The zero-order chi connectivity index (χ0) is 14.0. The molecule has 0 saturated heterocycles. The SMILES string of the molecule is CC[C@H]1Cc2c(/C=C/C(C)(C)O)cccc2[C@H](C)N1. The van der Waals surface area contributed by atoms with E-state index < -0.39 is 5.60 Å². The van der Waals surface area contributed by atoms with Crippen LogP contribution in [0.15, 0.2) is 24.3 Å². The summed E-state index contributed by atoms with van der Waals surface area (Å²) in [6.45, 7) is 8.06. The summed E-state index contributed by atoms with van der Waals surface area (Å²) in [6, 6.07) is 7.42. The summed E-state index contributed by atoms with van der Waals surface area (Å²) in [4.78, 5) is 0. The zero-order valence-electron chi connectivity index (χ0n) is 12.4. The average molecular weight is 259 g/mol. The van der Waals surface area contributed by atoms with Crippen molar-refractivity contribution in [1.29, 1.82) is 0 Å². The summed E-state index contributed by atoms with van der Waals surface area (Å²) in [6.07, 6.45) is 6.15. The highest BCUT2D eigenvalue weighted by atomic mass is 16.3. The number of hydrogen-bond donors (Lipinski definition) is 2. The van der Waals surface area contributed by atoms with Crippen molar-refractivity contribution >= 4 is 6.08 Å². The van der Waals surface area contributed by atoms with Crippen LogP contribution in [0.3, 0.4) is 0 Å². The summed E-state index contributed by atoms with van der Waals surface area (Å²) in [5.74, 6) is 0. The summed E-state index contributed by atoms with van der Waals surface area (Å²) < 4.78 is 0. The van der Waals surface area contributed by atoms with Crippen LogP contribution in [0.4, 0.5) is 0 Å². The lowest BCUT2D eigenvalue weighted by Crippen LogP contribution is -2.38. The van der Waals surface area contributed by atoms with Gasteiger partial charge in [0.2, 0.25) is 0 Å². The molecule has 0 unspecified atom stereocenters. The minimum absolute atomic E-state index is 0.407. The number of rotatable bonds is 3. The third kappa shape index (κ3) is 3.46. The minimum atomic E-state index is -0.759. The molecule has 1 aliphatic heterocycles. The highest BCUT2D eigenvalue weighted by molar-refractivity contribution is 5.58. The van der Waals surface area contributed by atoms with E-state index in [0.29, 0.717) is 12.1 Å². The molecule has 2 N–H and O–H groups in total. The highest BCUT2D eigenvalue weighted by Crippen LogP contribution is 2.29. The third-order valence-corrected chi connectivity index (χ3v) is 3.81. The number of hydrogen-bond acceptors (Lipinski definition) is 2. The molecule has 0 bridgehead atoms. The molecule has 2 nitrogen and oxygen atoms in total. The van der Waals surface area contributed by atoms with E-state index in [9.17, 15) is 5.11 Å². The monoisotopic (exact) mass is 259 g/mol. The van der Waals surface area contributed by atoms with Crippen molar-refractivity contribution in [3.63, 3.8) is 0 Å². The lowest BCUT2D eigenvalue weighted by Gasteiger charge is -2.32. The standard InChI is InChI=1S/C17H25NO/c1-5-14-11-16-13(9-10-17(3,4)19)7-6-8-15(16)12(2)18-14/h6-10,12,14,18-19H,5,11H2,1-4H3/b10-9+/t12-,14-/m0/s1. The van der Waals surface area contributed by atoms with E-state index in [1.807, 2.05) is 6.08 Å². The molecule has 104 valence electrons. The Hall–Kier alpha value is -1.12. The van der Waals surface area contributed by atoms with Crippen LogP contribution in [0.25, 0.3) is 6.08 Å². The predicted octanol–water partition coefficient (Wildman–Crippen LogP) is 3.46. The van der Waals surface area contributed by atoms with Crippen LogP contribution >= 0.6 is 0 Å². The van der Waals surface area contributed by atoms with E-state index in [2.05, 4.69) is 43.4 Å². The van der Waals surface area contributed by atoms with Gasteiger partial charge in [-0.1, -0.05) is 37.3 Å². The Morgan fingerprint density at radius 2 is 2.16 bits per heavy atom. The van der Waals surface area contributed by atoms with Gasteiger partial charge in [-0.25, -0.2) is 0 Å². The first-order valence-electron chi connectivity index (χ1n) is 7.20. The highest BCUT2D eigenvalue weighted by Gasteiger charge is 2.23. The Morgan fingerprint density at radius 3 is 2.79 bits per heavy atom. The summed E-state index contributed by atoms with van der Waals surface area (Å²) in [5.41, 5.74) is 3.31. The third-order valence-electron chi connectivity index (χ3n) is 3.81. The molecule has 0 saturated carbocycles. The normalized spacial score (nSPS) is 23.6. The van der Waals surface area contributed by atoms with Crippen molar-refractivity contribution in [2.75, 3.05) is 0 Å². The van der Waals surface area contributed by atoms with Gasteiger partial charge in [0.15, 0.2) is 0 Å². The maximum Gasteiger partial charge on any atom is 0.0774 e. The second-order valence-electron chi connectivity index (χ2n) is 6.10. The first-order valence-corrected chi connectivity index (χ1v) is 7.20. The Bertz CT molecular complexity index is 471. The van der Waals surface area contributed by atoms with Crippen LogP contribution < -0.4 is 5.32 Å². The molecule has 1 heterocycles. The fraction of sp³-hybridized carbons (Fsp3) is 0.529. The van der Waals surface area contributed by atoms with E-state index in [1.165, 1.54) is 16.7 Å². The Balaban J connectivity index is 2.37. The second kappa shape index (κ2) is 5.48. The molecule has 2 rings (SSSR count). The molecule has 0 radical (unpaired) electrons. The maximum atomic E-state index is 9.83. The molecule has 1 aromatic carbocycles. The molecule has 1 aliphatic rings. The fourth-order valence-corrected chi connectivity index (χ4v) is 2.73. The van der Waals surface area contributed by atoms with Crippen molar-refractivity contribution in [3.05, 3.63) is 41.0 Å². The molecule has 2 heteroatoms. The Labute approximate surface area is 116 Å². The molecule has 0 spiro atoms. The van der Waals surface area contributed by atoms with Crippen molar-refractivity contribution < 1.29 is 5.11 Å². The van der Waals surface area contributed by atoms with Gasteiger partial charge in [-0.2, -0.15) is 0 Å². The van der Waals surface area contributed by atoms with E-state index in [1.54, 1.807) is 13.8 Å². The topological polar surface area (TPSA) is 32.3 Å². The van der Waals surface area contributed by atoms with Crippen LogP contribution in [0.2, 0.25) is 0 Å². The van der Waals surface area contributed by atoms with Gasteiger partial charge in [-0.05, 0) is 50.3 Å². The summed E-state index contributed by atoms with van der Waals surface area (Å²) >= 11 is 0. The fourth-order valence-electron chi connectivity index (χ4n) is 2.73. The zero-order valence-corrected chi connectivity index (χ0v) is 12.4. The predicted molar refractivity (Wildman–Crippen MR) is 81.1 cm³/mol. The van der Waals surface area contributed by atoms with Gasteiger partial charge < -0.3 is 10.4 Å². The Kier molecular flexibility index (Phi) is 4.12. The van der Waals surface area contributed by atoms with Crippen LogP contribution in [0, 0.1) is 0 Å². The maximum absolute atomic E-state index is 9.83. The van der Waals surface area contributed by atoms with Crippen LogP contribution in [-0.2, 0) is 6.42 Å². The van der Waals surface area contributed by atoms with E-state index in [4.69, 9.17) is 0 Å². The van der Waals surface area contributed by atoms with E-state index in [0.717, 1.165) is 12.8 Å². The van der Waals surface area contributed by atoms with E-state index >= 15 is 0 Å². The number of fused-ring (bicyclic) bond motifs is 1. The van der Waals surface area contributed by atoms with Gasteiger partial charge in [0.1, 0.15) is 0 Å². The average Bonchev–Trinajstić information content (AvgIpc) is 2.35. The molecule has 0 aromatic heterocycles. The smallest absolute Gasteiger partial charge is 0.0774 e. The molecule has 1 aromatic rings. The second-order valence-corrected chi connectivity index (χ2v) is 6.10. The molecule has 19 heavy (non-hydrogen) atoms. The van der Waals surface area contributed by atoms with Crippen molar-refractivity contribution in [1.82, 2.24) is 5.32 Å². The molecule has 0 aliphatic carbocycles. The lowest BCUT2D eigenvalue weighted by molar-refractivity contribution is 0.134. The van der Waals surface area contributed by atoms with Gasteiger partial charge in [-0.3, -0.25) is 0 Å². The molecule has 0 amide bonds. The molecular weight excluding hydrogens is 234 g/mol. The summed E-state index contributed by atoms with van der Waals surface area (Å²) in [5, 5.41) is 13.5. The van der Waals surface area contributed by atoms with Crippen molar-refractivity contribution in [2.45, 2.75) is 58.2 Å². The van der Waals surface area contributed by atoms with Crippen LogP contribution in [0.5, 0.6) is 0 Å². The van der Waals surface area contributed by atoms with Gasteiger partial charge in [0.25, 0.3) is 0 Å². The molecule has 0 fully saturated rings. The summed E-state index contributed by atoms with van der Waals surface area (Å²) in [7, 11) is 0. The van der Waals surface area contributed by atoms with Crippen molar-refractivity contribution in [2.24, 2.45) is 0 Å². The number of aliphatic hydroxyl groups is 1. The lowest BCUT2D eigenvalue weighted by atomic mass is 9.86. The van der Waals surface area contributed by atoms with Gasteiger partial charge in [-0.15, -0.1) is 0 Å². The largest absolute Gasteiger partial charge is 0.386 e. The molecule has 2 atom stereocenters.